The lowest BCUT2D eigenvalue weighted by atomic mass is 10.1. The summed E-state index contributed by atoms with van der Waals surface area (Å²) in [5.41, 5.74) is 3.01. The summed E-state index contributed by atoms with van der Waals surface area (Å²) in [5, 5.41) is 3.46. The molecule has 1 aromatic rings. The van der Waals surface area contributed by atoms with Crippen molar-refractivity contribution in [2.45, 2.75) is 29.9 Å². The van der Waals surface area contributed by atoms with Crippen LogP contribution in [-0.4, -0.2) is 28.0 Å². The molecule has 2 heterocycles. The minimum Gasteiger partial charge on any atom is -0.271 e. The second-order valence-corrected chi connectivity index (χ2v) is 7.77. The Morgan fingerprint density at radius 3 is 2.94 bits per heavy atom. The first-order chi connectivity index (χ1) is 7.81. The summed E-state index contributed by atoms with van der Waals surface area (Å²) in [7, 11) is 0. The minimum atomic E-state index is 0.395. The van der Waals surface area contributed by atoms with Gasteiger partial charge < -0.3 is 0 Å². The molecule has 3 N–H and O–H groups in total. The summed E-state index contributed by atoms with van der Waals surface area (Å²) in [5.74, 6) is 8.24. The molecule has 1 aromatic heterocycles. The molecule has 3 unspecified atom stereocenters. The largest absolute Gasteiger partial charge is 0.271 e. The highest BCUT2D eigenvalue weighted by Gasteiger charge is 2.29. The first kappa shape index (κ1) is 12.8. The first-order valence-electron chi connectivity index (χ1n) is 5.53. The van der Waals surface area contributed by atoms with Crippen LogP contribution in [0.25, 0.3) is 0 Å². The van der Waals surface area contributed by atoms with E-state index >= 15 is 0 Å². The van der Waals surface area contributed by atoms with Gasteiger partial charge in [0.05, 0.1) is 0 Å². The van der Waals surface area contributed by atoms with Gasteiger partial charge in [-0.15, -0.1) is 11.3 Å². The van der Waals surface area contributed by atoms with Crippen molar-refractivity contribution in [2.24, 2.45) is 5.84 Å². The Hall–Kier alpha value is 0.320. The number of hydrazine groups is 1. The van der Waals surface area contributed by atoms with Crippen LogP contribution in [0, 0.1) is 0 Å². The molecule has 1 aliphatic heterocycles. The van der Waals surface area contributed by atoms with Crippen LogP contribution in [0.15, 0.2) is 17.5 Å². The smallest absolute Gasteiger partial charge is 0.0388 e. The predicted octanol–water partition coefficient (Wildman–Crippen LogP) is 2.36. The van der Waals surface area contributed by atoms with Gasteiger partial charge in [0.15, 0.2) is 0 Å². The van der Waals surface area contributed by atoms with E-state index in [0.717, 1.165) is 6.42 Å². The lowest BCUT2D eigenvalue weighted by molar-refractivity contribution is 0.504. The molecule has 2 nitrogen and oxygen atoms in total. The molecule has 0 aromatic carbocycles. The van der Waals surface area contributed by atoms with Crippen LogP contribution in [0.3, 0.4) is 0 Å². The van der Waals surface area contributed by atoms with E-state index in [4.69, 9.17) is 5.84 Å². The van der Waals surface area contributed by atoms with Crippen molar-refractivity contribution in [2.75, 3.05) is 11.5 Å². The number of thiophene rings is 1. The topological polar surface area (TPSA) is 38.0 Å². The van der Waals surface area contributed by atoms with Gasteiger partial charge in [0.2, 0.25) is 0 Å². The fourth-order valence-corrected chi connectivity index (χ4v) is 5.71. The first-order valence-corrected chi connectivity index (χ1v) is 8.50. The molecule has 0 saturated carbocycles. The van der Waals surface area contributed by atoms with Crippen molar-refractivity contribution in [3.05, 3.63) is 22.4 Å². The SMILES string of the molecule is CC1SCCSC1C(Cc1cccs1)NN. The summed E-state index contributed by atoms with van der Waals surface area (Å²) >= 11 is 5.96. The van der Waals surface area contributed by atoms with Crippen molar-refractivity contribution >= 4 is 34.9 Å². The maximum absolute atomic E-state index is 5.71. The van der Waals surface area contributed by atoms with Gasteiger partial charge in [-0.05, 0) is 17.9 Å². The van der Waals surface area contributed by atoms with E-state index in [1.165, 1.54) is 16.4 Å². The molecular formula is C11H18N2S3. The van der Waals surface area contributed by atoms with E-state index in [9.17, 15) is 0 Å². The minimum absolute atomic E-state index is 0.395. The van der Waals surface area contributed by atoms with Crippen molar-refractivity contribution in [1.29, 1.82) is 0 Å². The fraction of sp³-hybridized carbons (Fsp3) is 0.636. The van der Waals surface area contributed by atoms with Gasteiger partial charge in [-0.1, -0.05) is 13.0 Å². The van der Waals surface area contributed by atoms with E-state index in [2.05, 4.69) is 53.4 Å². The maximum Gasteiger partial charge on any atom is 0.0388 e. The normalized spacial score (nSPS) is 27.9. The monoisotopic (exact) mass is 274 g/mol. The second-order valence-electron chi connectivity index (χ2n) is 3.97. The highest BCUT2D eigenvalue weighted by molar-refractivity contribution is 8.07. The van der Waals surface area contributed by atoms with E-state index in [0.29, 0.717) is 16.5 Å². The van der Waals surface area contributed by atoms with E-state index in [-0.39, 0.29) is 0 Å². The third kappa shape index (κ3) is 3.17. The Morgan fingerprint density at radius 1 is 1.50 bits per heavy atom. The third-order valence-electron chi connectivity index (χ3n) is 2.85. The fourth-order valence-electron chi connectivity index (χ4n) is 2.01. The number of nitrogens with two attached hydrogens (primary N) is 1. The Kier molecular flexibility index (Phi) is 5.03. The Morgan fingerprint density at radius 2 is 2.31 bits per heavy atom. The molecule has 3 atom stereocenters. The van der Waals surface area contributed by atoms with Crippen LogP contribution < -0.4 is 11.3 Å². The molecule has 5 heteroatoms. The molecule has 1 aliphatic rings. The van der Waals surface area contributed by atoms with E-state index < -0.39 is 0 Å². The zero-order valence-electron chi connectivity index (χ0n) is 9.39. The van der Waals surface area contributed by atoms with Gasteiger partial charge in [-0.25, -0.2) is 0 Å². The quantitative estimate of drug-likeness (QED) is 0.653. The number of nitrogens with one attached hydrogen (secondary N) is 1. The number of thioether (sulfide) groups is 2. The van der Waals surface area contributed by atoms with Crippen molar-refractivity contribution in [3.8, 4) is 0 Å². The van der Waals surface area contributed by atoms with Gasteiger partial charge in [0.1, 0.15) is 0 Å². The van der Waals surface area contributed by atoms with Gasteiger partial charge in [0, 0.05) is 32.9 Å². The summed E-state index contributed by atoms with van der Waals surface area (Å²) in [4.78, 5) is 1.42. The van der Waals surface area contributed by atoms with Crippen LogP contribution in [0.2, 0.25) is 0 Å². The molecule has 0 amide bonds. The van der Waals surface area contributed by atoms with Crippen LogP contribution in [-0.2, 0) is 6.42 Å². The van der Waals surface area contributed by atoms with Crippen molar-refractivity contribution in [1.82, 2.24) is 5.43 Å². The van der Waals surface area contributed by atoms with Crippen LogP contribution in [0.1, 0.15) is 11.8 Å². The van der Waals surface area contributed by atoms with Gasteiger partial charge >= 0.3 is 0 Å². The predicted molar refractivity (Wildman–Crippen MR) is 77.3 cm³/mol. The lowest BCUT2D eigenvalue weighted by Crippen LogP contribution is -2.48. The van der Waals surface area contributed by atoms with Crippen LogP contribution in [0.5, 0.6) is 0 Å². The van der Waals surface area contributed by atoms with Gasteiger partial charge in [-0.3, -0.25) is 11.3 Å². The summed E-state index contributed by atoms with van der Waals surface area (Å²) in [6.07, 6.45) is 1.05. The highest BCUT2D eigenvalue weighted by Crippen LogP contribution is 2.34. The average molecular weight is 274 g/mol. The molecule has 16 heavy (non-hydrogen) atoms. The number of hydrogen-bond donors (Lipinski definition) is 2. The average Bonchev–Trinajstić information content (AvgIpc) is 2.80. The van der Waals surface area contributed by atoms with Crippen LogP contribution >= 0.6 is 34.9 Å². The summed E-state index contributed by atoms with van der Waals surface area (Å²) in [6, 6.07) is 4.70. The molecule has 90 valence electrons. The Bertz CT molecular complexity index is 302. The van der Waals surface area contributed by atoms with E-state index in [1.54, 1.807) is 0 Å². The summed E-state index contributed by atoms with van der Waals surface area (Å²) < 4.78 is 0. The zero-order chi connectivity index (χ0) is 11.4. The van der Waals surface area contributed by atoms with Gasteiger partial charge in [-0.2, -0.15) is 23.5 Å². The Balaban J connectivity index is 1.98. The van der Waals surface area contributed by atoms with Gasteiger partial charge in [0.25, 0.3) is 0 Å². The Labute approximate surface area is 110 Å². The molecule has 0 aliphatic carbocycles. The molecule has 1 fully saturated rings. The van der Waals surface area contributed by atoms with Crippen molar-refractivity contribution < 1.29 is 0 Å². The lowest BCUT2D eigenvalue weighted by Gasteiger charge is -2.33. The standard InChI is InChI=1S/C11H18N2S3/c1-8-11(16-6-5-14-8)10(13-12)7-9-3-2-4-15-9/h2-4,8,10-11,13H,5-7,12H2,1H3. The van der Waals surface area contributed by atoms with Crippen molar-refractivity contribution in [3.63, 3.8) is 0 Å². The molecule has 0 bridgehead atoms. The van der Waals surface area contributed by atoms with Crippen LogP contribution in [0.4, 0.5) is 0 Å². The molecule has 2 rings (SSSR count). The molecule has 0 spiro atoms. The zero-order valence-corrected chi connectivity index (χ0v) is 11.8. The number of rotatable bonds is 4. The summed E-state index contributed by atoms with van der Waals surface area (Å²) in [6.45, 7) is 2.32. The molecule has 0 radical (unpaired) electrons. The molecule has 1 saturated heterocycles. The van der Waals surface area contributed by atoms with E-state index in [1.807, 2.05) is 11.3 Å². The highest BCUT2D eigenvalue weighted by atomic mass is 32.2. The maximum atomic E-state index is 5.71. The second kappa shape index (κ2) is 6.31. The number of hydrogen-bond acceptors (Lipinski definition) is 5. The third-order valence-corrected chi connectivity index (χ3v) is 7.00. The molecular weight excluding hydrogens is 256 g/mol.